The molecule has 0 aliphatic carbocycles. The Bertz CT molecular complexity index is 854. The number of phenolic OH excluding ortho intramolecular Hbond substituents is 2. The first-order chi connectivity index (χ1) is 12.9. The molecule has 27 heavy (non-hydrogen) atoms. The second-order valence-corrected chi connectivity index (χ2v) is 6.26. The molecule has 2 aromatic carbocycles. The fourth-order valence-corrected chi connectivity index (χ4v) is 3.39. The van der Waals surface area contributed by atoms with E-state index < -0.39 is 0 Å². The number of amides is 1. The van der Waals surface area contributed by atoms with Crippen LogP contribution in [0.3, 0.4) is 0 Å². The van der Waals surface area contributed by atoms with Gasteiger partial charge in [-0.3, -0.25) is 4.79 Å². The minimum atomic E-state index is -0.341. The van der Waals surface area contributed by atoms with Crippen molar-refractivity contribution in [2.24, 2.45) is 0 Å². The number of methoxy groups -OCH3 is 3. The molecule has 2 aromatic rings. The number of benzene rings is 2. The Balaban J connectivity index is 2.06. The van der Waals surface area contributed by atoms with Crippen molar-refractivity contribution < 1.29 is 29.2 Å². The molecule has 0 aromatic heterocycles. The van der Waals surface area contributed by atoms with Crippen LogP contribution in [0.1, 0.15) is 30.5 Å². The van der Waals surface area contributed by atoms with Gasteiger partial charge in [-0.05, 0) is 18.1 Å². The van der Waals surface area contributed by atoms with E-state index in [1.807, 2.05) is 6.92 Å². The fraction of sp³-hybridized carbons (Fsp3) is 0.350. The molecule has 0 unspecified atom stereocenters. The second kappa shape index (κ2) is 7.26. The van der Waals surface area contributed by atoms with Crippen LogP contribution in [0.2, 0.25) is 0 Å². The predicted molar refractivity (Wildman–Crippen MR) is 100 cm³/mol. The van der Waals surface area contributed by atoms with E-state index in [1.165, 1.54) is 27.4 Å². The summed E-state index contributed by atoms with van der Waals surface area (Å²) in [5.41, 5.74) is 1.89. The average Bonchev–Trinajstić information content (AvgIpc) is 2.65. The Morgan fingerprint density at radius 2 is 1.63 bits per heavy atom. The first-order valence-corrected chi connectivity index (χ1v) is 8.61. The summed E-state index contributed by atoms with van der Waals surface area (Å²) in [5, 5.41) is 20.2. The largest absolute Gasteiger partial charge is 0.508 e. The van der Waals surface area contributed by atoms with Crippen molar-refractivity contribution in [1.82, 2.24) is 0 Å². The zero-order chi connectivity index (χ0) is 19.7. The minimum absolute atomic E-state index is 0.0420. The number of carbonyl (C=O) groups excluding carboxylic acids is 1. The first kappa shape index (κ1) is 18.7. The number of anilines is 1. The van der Waals surface area contributed by atoms with Gasteiger partial charge in [-0.15, -0.1) is 0 Å². The van der Waals surface area contributed by atoms with Gasteiger partial charge in [0.15, 0.2) is 11.5 Å². The summed E-state index contributed by atoms with van der Waals surface area (Å²) >= 11 is 0. The molecule has 7 heteroatoms. The maximum atomic E-state index is 12.4. The standard InChI is InChI=1S/C20H23NO6/c1-5-11-6-13(16(23)10-15(11)22)14-9-19(24)21(14)12-7-17(25-2)20(27-4)18(8-12)26-3/h6-8,10,14,22-23H,5,9H2,1-4H3/t14-/m0/s1. The predicted octanol–water partition coefficient (Wildman–Crippen LogP) is 3.16. The van der Waals surface area contributed by atoms with Crippen LogP contribution in [0.15, 0.2) is 24.3 Å². The van der Waals surface area contributed by atoms with Crippen molar-refractivity contribution in [3.63, 3.8) is 0 Å². The molecule has 1 aliphatic heterocycles. The third-order valence-electron chi connectivity index (χ3n) is 4.84. The number of nitrogens with zero attached hydrogens (tertiary/aromatic N) is 1. The lowest BCUT2D eigenvalue weighted by atomic mass is 9.90. The van der Waals surface area contributed by atoms with Crippen molar-refractivity contribution >= 4 is 11.6 Å². The van der Waals surface area contributed by atoms with Crippen LogP contribution in [0, 0.1) is 0 Å². The van der Waals surface area contributed by atoms with Crippen molar-refractivity contribution in [2.45, 2.75) is 25.8 Å². The summed E-state index contributed by atoms with van der Waals surface area (Å²) in [7, 11) is 4.53. The number of phenols is 2. The number of aryl methyl sites for hydroxylation is 1. The third kappa shape index (κ3) is 3.09. The summed E-state index contributed by atoms with van der Waals surface area (Å²) in [6.45, 7) is 1.92. The zero-order valence-corrected chi connectivity index (χ0v) is 15.8. The molecular formula is C20H23NO6. The normalized spacial score (nSPS) is 16.1. The number of hydrogen-bond donors (Lipinski definition) is 2. The molecule has 1 heterocycles. The quantitative estimate of drug-likeness (QED) is 0.756. The van der Waals surface area contributed by atoms with Crippen LogP contribution < -0.4 is 19.1 Å². The minimum Gasteiger partial charge on any atom is -0.508 e. The molecule has 0 spiro atoms. The van der Waals surface area contributed by atoms with Gasteiger partial charge in [0.1, 0.15) is 11.5 Å². The highest BCUT2D eigenvalue weighted by Gasteiger charge is 2.40. The van der Waals surface area contributed by atoms with Crippen LogP contribution in [0.5, 0.6) is 28.7 Å². The van der Waals surface area contributed by atoms with Crippen LogP contribution in [0.4, 0.5) is 5.69 Å². The summed E-state index contributed by atoms with van der Waals surface area (Å²) in [5.74, 6) is 1.24. The monoisotopic (exact) mass is 373 g/mol. The van der Waals surface area contributed by atoms with Gasteiger partial charge in [-0.25, -0.2) is 0 Å². The first-order valence-electron chi connectivity index (χ1n) is 8.61. The zero-order valence-electron chi connectivity index (χ0n) is 15.8. The Kier molecular flexibility index (Phi) is 5.03. The molecule has 1 amide bonds. The van der Waals surface area contributed by atoms with E-state index in [0.717, 1.165) is 0 Å². The van der Waals surface area contributed by atoms with Crippen molar-refractivity contribution in [1.29, 1.82) is 0 Å². The molecular weight excluding hydrogens is 350 g/mol. The van der Waals surface area contributed by atoms with Crippen LogP contribution >= 0.6 is 0 Å². The fourth-order valence-electron chi connectivity index (χ4n) is 3.39. The highest BCUT2D eigenvalue weighted by atomic mass is 16.5. The smallest absolute Gasteiger partial charge is 0.230 e. The van der Waals surface area contributed by atoms with E-state index >= 15 is 0 Å². The molecule has 3 rings (SSSR count). The van der Waals surface area contributed by atoms with Crippen LogP contribution in [0.25, 0.3) is 0 Å². The molecule has 0 radical (unpaired) electrons. The van der Waals surface area contributed by atoms with Gasteiger partial charge < -0.3 is 29.3 Å². The highest BCUT2D eigenvalue weighted by Crippen LogP contribution is 2.48. The second-order valence-electron chi connectivity index (χ2n) is 6.26. The van der Waals surface area contributed by atoms with Gasteiger partial charge in [-0.1, -0.05) is 6.92 Å². The van der Waals surface area contributed by atoms with E-state index in [2.05, 4.69) is 0 Å². The molecule has 1 fully saturated rings. The molecule has 144 valence electrons. The van der Waals surface area contributed by atoms with E-state index in [-0.39, 0.29) is 29.9 Å². The van der Waals surface area contributed by atoms with E-state index in [0.29, 0.717) is 40.5 Å². The Morgan fingerprint density at radius 1 is 1.00 bits per heavy atom. The molecule has 1 atom stereocenters. The van der Waals surface area contributed by atoms with Crippen molar-refractivity contribution in [3.8, 4) is 28.7 Å². The average molecular weight is 373 g/mol. The Labute approximate surface area is 157 Å². The lowest BCUT2D eigenvalue weighted by Crippen LogP contribution is -2.46. The third-order valence-corrected chi connectivity index (χ3v) is 4.84. The molecule has 7 nitrogen and oxygen atoms in total. The number of hydrogen-bond acceptors (Lipinski definition) is 6. The van der Waals surface area contributed by atoms with Gasteiger partial charge in [0, 0.05) is 23.8 Å². The Morgan fingerprint density at radius 3 is 2.11 bits per heavy atom. The number of ether oxygens (including phenoxy) is 3. The van der Waals surface area contributed by atoms with Crippen LogP contribution in [-0.2, 0) is 11.2 Å². The van der Waals surface area contributed by atoms with E-state index in [4.69, 9.17) is 14.2 Å². The number of β-lactam (4-membered cyclic amide) rings is 1. The lowest BCUT2D eigenvalue weighted by Gasteiger charge is -2.41. The molecule has 0 saturated carbocycles. The molecule has 0 bridgehead atoms. The van der Waals surface area contributed by atoms with E-state index in [9.17, 15) is 15.0 Å². The van der Waals surface area contributed by atoms with Gasteiger partial charge in [0.25, 0.3) is 0 Å². The number of rotatable bonds is 6. The Hall–Kier alpha value is -3.09. The topological polar surface area (TPSA) is 88.5 Å². The summed E-state index contributed by atoms with van der Waals surface area (Å²) in [6, 6.07) is 6.12. The maximum Gasteiger partial charge on any atom is 0.230 e. The summed E-state index contributed by atoms with van der Waals surface area (Å²) in [6.07, 6.45) is 0.877. The maximum absolute atomic E-state index is 12.4. The number of aromatic hydroxyl groups is 2. The SMILES string of the molecule is CCc1cc([C@@H]2CC(=O)N2c2cc(OC)c(OC)c(OC)c2)c(O)cc1O. The van der Waals surface area contributed by atoms with E-state index in [1.54, 1.807) is 23.1 Å². The van der Waals surface area contributed by atoms with Gasteiger partial charge in [0.05, 0.1) is 39.5 Å². The van der Waals surface area contributed by atoms with Gasteiger partial charge >= 0.3 is 0 Å². The van der Waals surface area contributed by atoms with Crippen molar-refractivity contribution in [2.75, 3.05) is 26.2 Å². The molecule has 1 aliphatic rings. The number of carbonyl (C=O) groups is 1. The molecule has 2 N–H and O–H groups in total. The van der Waals surface area contributed by atoms with Crippen molar-refractivity contribution in [3.05, 3.63) is 35.4 Å². The summed E-state index contributed by atoms with van der Waals surface area (Å²) in [4.78, 5) is 14.0. The summed E-state index contributed by atoms with van der Waals surface area (Å²) < 4.78 is 16.1. The molecule has 1 saturated heterocycles. The lowest BCUT2D eigenvalue weighted by molar-refractivity contribution is -0.124. The van der Waals surface area contributed by atoms with Gasteiger partial charge in [-0.2, -0.15) is 0 Å². The van der Waals surface area contributed by atoms with Gasteiger partial charge in [0.2, 0.25) is 11.7 Å². The van der Waals surface area contributed by atoms with Crippen LogP contribution in [-0.4, -0.2) is 37.4 Å². The highest BCUT2D eigenvalue weighted by molar-refractivity contribution is 6.02.